The van der Waals surface area contributed by atoms with E-state index >= 15 is 0 Å². The average Bonchev–Trinajstić information content (AvgIpc) is 2.95. The molecule has 0 radical (unpaired) electrons. The lowest BCUT2D eigenvalue weighted by Crippen LogP contribution is -2.20. The molecule has 0 aromatic carbocycles. The minimum atomic E-state index is -0.0625. The first-order valence-corrected chi connectivity index (χ1v) is 7.34. The molecule has 17 heavy (non-hydrogen) atoms. The average molecular weight is 232 g/mol. The minimum absolute atomic E-state index is 0.0625. The van der Waals surface area contributed by atoms with Gasteiger partial charge in [-0.25, -0.2) is 0 Å². The van der Waals surface area contributed by atoms with Gasteiger partial charge in [0.1, 0.15) is 0 Å². The van der Waals surface area contributed by atoms with Crippen LogP contribution in [-0.4, -0.2) is 5.78 Å². The van der Waals surface area contributed by atoms with E-state index in [0.717, 1.165) is 30.6 Å². The van der Waals surface area contributed by atoms with E-state index < -0.39 is 0 Å². The predicted octanol–water partition coefficient (Wildman–Crippen LogP) is 4.13. The van der Waals surface area contributed by atoms with E-state index in [9.17, 15) is 4.79 Å². The highest BCUT2D eigenvalue weighted by molar-refractivity contribution is 5.97. The van der Waals surface area contributed by atoms with Gasteiger partial charge in [0.15, 0.2) is 5.78 Å². The Morgan fingerprint density at radius 1 is 1.35 bits per heavy atom. The van der Waals surface area contributed by atoms with Gasteiger partial charge in [0, 0.05) is 5.41 Å². The van der Waals surface area contributed by atoms with Gasteiger partial charge in [0.25, 0.3) is 0 Å². The Morgan fingerprint density at radius 3 is 2.71 bits per heavy atom. The molecule has 94 valence electrons. The molecule has 0 spiro atoms. The van der Waals surface area contributed by atoms with Crippen LogP contribution in [0.2, 0.25) is 0 Å². The van der Waals surface area contributed by atoms with Gasteiger partial charge in [0.2, 0.25) is 0 Å². The second-order valence-corrected chi connectivity index (χ2v) is 6.90. The molecule has 3 aliphatic rings. The number of carbonyl (C=O) groups excluding carboxylic acids is 1. The summed E-state index contributed by atoms with van der Waals surface area (Å²) < 4.78 is 0. The van der Waals surface area contributed by atoms with Crippen LogP contribution in [-0.2, 0) is 4.79 Å². The minimum Gasteiger partial charge on any atom is -0.294 e. The maximum absolute atomic E-state index is 12.0. The highest BCUT2D eigenvalue weighted by Crippen LogP contribution is 2.51. The lowest BCUT2D eigenvalue weighted by Gasteiger charge is -2.24. The van der Waals surface area contributed by atoms with Crippen LogP contribution in [0.25, 0.3) is 0 Å². The van der Waals surface area contributed by atoms with Crippen molar-refractivity contribution in [1.29, 1.82) is 0 Å². The van der Waals surface area contributed by atoms with Crippen molar-refractivity contribution in [2.75, 3.05) is 0 Å². The highest BCUT2D eigenvalue weighted by atomic mass is 16.1. The molecule has 3 unspecified atom stereocenters. The largest absolute Gasteiger partial charge is 0.294 e. The molecule has 0 aliphatic heterocycles. The van der Waals surface area contributed by atoms with Crippen molar-refractivity contribution in [2.45, 2.75) is 58.8 Å². The fourth-order valence-electron chi connectivity index (χ4n) is 4.39. The summed E-state index contributed by atoms with van der Waals surface area (Å²) in [6.07, 6.45) is 11.1. The lowest BCUT2D eigenvalue weighted by atomic mass is 9.80. The number of allylic oxidation sites excluding steroid dienone is 2. The number of hydrogen-bond donors (Lipinski definition) is 0. The normalized spacial score (nSPS) is 44.5. The fourth-order valence-corrected chi connectivity index (χ4v) is 4.39. The molecule has 0 saturated heterocycles. The standard InChI is InChI=1S/C16H24O/c1-3-16(2)10-12(9-15(16)17)8-14-7-11-4-5-13(14)6-11/h9,11,13-14H,3-8,10H2,1-2H3/t11-,13?,14?,16?/m1/s1. The second kappa shape index (κ2) is 3.96. The maximum Gasteiger partial charge on any atom is 0.161 e. The molecule has 4 atom stereocenters. The van der Waals surface area contributed by atoms with Gasteiger partial charge < -0.3 is 0 Å². The maximum atomic E-state index is 12.0. The van der Waals surface area contributed by atoms with E-state index in [2.05, 4.69) is 13.8 Å². The van der Waals surface area contributed by atoms with Gasteiger partial charge in [-0.15, -0.1) is 0 Å². The van der Waals surface area contributed by atoms with Crippen molar-refractivity contribution < 1.29 is 4.79 Å². The van der Waals surface area contributed by atoms with Crippen LogP contribution < -0.4 is 0 Å². The molecule has 3 rings (SSSR count). The SMILES string of the molecule is CCC1(C)CC(CC2C[C@@H]3CCC2C3)=CC1=O. The molecule has 3 aliphatic carbocycles. The smallest absolute Gasteiger partial charge is 0.161 e. The summed E-state index contributed by atoms with van der Waals surface area (Å²) in [5, 5.41) is 0. The molecule has 0 aromatic rings. The molecule has 0 heterocycles. The van der Waals surface area contributed by atoms with E-state index in [0.29, 0.717) is 5.78 Å². The molecule has 1 heteroatoms. The van der Waals surface area contributed by atoms with Gasteiger partial charge in [0.05, 0.1) is 0 Å². The van der Waals surface area contributed by atoms with Gasteiger partial charge in [-0.3, -0.25) is 4.79 Å². The van der Waals surface area contributed by atoms with Crippen molar-refractivity contribution in [3.05, 3.63) is 11.6 Å². The monoisotopic (exact) mass is 232 g/mol. The Labute approximate surface area is 105 Å². The Bertz CT molecular complexity index is 368. The van der Waals surface area contributed by atoms with E-state index in [1.54, 1.807) is 0 Å². The van der Waals surface area contributed by atoms with Crippen molar-refractivity contribution in [1.82, 2.24) is 0 Å². The Morgan fingerprint density at radius 2 is 2.18 bits per heavy atom. The van der Waals surface area contributed by atoms with E-state index in [1.165, 1.54) is 37.7 Å². The lowest BCUT2D eigenvalue weighted by molar-refractivity contribution is -0.122. The zero-order valence-electron chi connectivity index (χ0n) is 11.2. The third-order valence-corrected chi connectivity index (χ3v) is 5.74. The third-order valence-electron chi connectivity index (χ3n) is 5.74. The number of carbonyl (C=O) groups is 1. The molecule has 2 fully saturated rings. The molecule has 0 aromatic heterocycles. The van der Waals surface area contributed by atoms with E-state index in [-0.39, 0.29) is 5.41 Å². The summed E-state index contributed by atoms with van der Waals surface area (Å²) in [6, 6.07) is 0. The molecular weight excluding hydrogens is 208 g/mol. The molecule has 0 N–H and O–H groups in total. The van der Waals surface area contributed by atoms with Crippen LogP contribution >= 0.6 is 0 Å². The Kier molecular flexibility index (Phi) is 2.68. The molecule has 0 amide bonds. The van der Waals surface area contributed by atoms with Gasteiger partial charge in [-0.05, 0) is 62.4 Å². The highest BCUT2D eigenvalue weighted by Gasteiger charge is 2.42. The van der Waals surface area contributed by atoms with Crippen LogP contribution in [0.15, 0.2) is 11.6 Å². The van der Waals surface area contributed by atoms with Crippen LogP contribution in [0.3, 0.4) is 0 Å². The second-order valence-electron chi connectivity index (χ2n) is 6.90. The van der Waals surface area contributed by atoms with Gasteiger partial charge in [-0.2, -0.15) is 0 Å². The molecule has 1 nitrogen and oxygen atoms in total. The van der Waals surface area contributed by atoms with Crippen molar-refractivity contribution >= 4 is 5.78 Å². The summed E-state index contributed by atoms with van der Waals surface area (Å²) in [5.41, 5.74) is 1.39. The Hall–Kier alpha value is -0.590. The summed E-state index contributed by atoms with van der Waals surface area (Å²) in [6.45, 7) is 4.28. The molecule has 2 saturated carbocycles. The van der Waals surface area contributed by atoms with E-state index in [4.69, 9.17) is 0 Å². The van der Waals surface area contributed by atoms with Crippen molar-refractivity contribution in [3.63, 3.8) is 0 Å². The van der Waals surface area contributed by atoms with Crippen LogP contribution in [0.4, 0.5) is 0 Å². The van der Waals surface area contributed by atoms with Crippen LogP contribution in [0.5, 0.6) is 0 Å². The number of hydrogen-bond acceptors (Lipinski definition) is 1. The summed E-state index contributed by atoms with van der Waals surface area (Å²) in [4.78, 5) is 12.0. The van der Waals surface area contributed by atoms with Gasteiger partial charge >= 0.3 is 0 Å². The zero-order valence-corrected chi connectivity index (χ0v) is 11.2. The first-order chi connectivity index (χ1) is 8.10. The quantitative estimate of drug-likeness (QED) is 0.715. The summed E-state index contributed by atoms with van der Waals surface area (Å²) in [7, 11) is 0. The Balaban J connectivity index is 1.64. The molecule has 2 bridgehead atoms. The van der Waals surface area contributed by atoms with Crippen LogP contribution in [0.1, 0.15) is 58.8 Å². The number of ketones is 1. The van der Waals surface area contributed by atoms with E-state index in [1.807, 2.05) is 6.08 Å². The van der Waals surface area contributed by atoms with Crippen molar-refractivity contribution in [3.8, 4) is 0 Å². The summed E-state index contributed by atoms with van der Waals surface area (Å²) in [5.74, 6) is 3.31. The molecular formula is C16H24O. The zero-order chi connectivity index (χ0) is 12.0. The first-order valence-electron chi connectivity index (χ1n) is 7.34. The summed E-state index contributed by atoms with van der Waals surface area (Å²) >= 11 is 0. The predicted molar refractivity (Wildman–Crippen MR) is 69.7 cm³/mol. The van der Waals surface area contributed by atoms with Crippen LogP contribution in [0, 0.1) is 23.2 Å². The van der Waals surface area contributed by atoms with Crippen molar-refractivity contribution in [2.24, 2.45) is 23.2 Å². The topological polar surface area (TPSA) is 17.1 Å². The number of rotatable bonds is 3. The fraction of sp³-hybridized carbons (Fsp3) is 0.812. The van der Waals surface area contributed by atoms with Gasteiger partial charge in [-0.1, -0.05) is 25.8 Å². The third kappa shape index (κ3) is 1.88. The first kappa shape index (κ1) is 11.5. The number of fused-ring (bicyclic) bond motifs is 2.